The van der Waals surface area contributed by atoms with Gasteiger partial charge in [0, 0.05) is 18.8 Å². The molecule has 1 N–H and O–H groups in total. The molecule has 0 atom stereocenters. The van der Waals surface area contributed by atoms with Gasteiger partial charge in [0.25, 0.3) is 5.91 Å². The monoisotopic (exact) mass is 350 g/mol. The summed E-state index contributed by atoms with van der Waals surface area (Å²) in [4.78, 5) is 26.8. The number of anilines is 1. The smallest absolute Gasteiger partial charge is 0.323 e. The molecule has 7 heteroatoms. The first-order valence-corrected chi connectivity index (χ1v) is 8.50. The van der Waals surface area contributed by atoms with Crippen molar-refractivity contribution in [1.29, 1.82) is 0 Å². The molecule has 1 saturated heterocycles. The predicted molar refractivity (Wildman–Crippen MR) is 97.5 cm³/mol. The largest absolute Gasteiger partial charge is 0.480 e. The number of benzene rings is 1. The van der Waals surface area contributed by atoms with E-state index in [0.29, 0.717) is 4.91 Å². The van der Waals surface area contributed by atoms with E-state index in [9.17, 15) is 9.59 Å². The average molecular weight is 350 g/mol. The van der Waals surface area contributed by atoms with Gasteiger partial charge < -0.3 is 10.0 Å². The Morgan fingerprint density at radius 3 is 2.43 bits per heavy atom. The number of hydrogen-bond donors (Lipinski definition) is 1. The Morgan fingerprint density at radius 2 is 1.91 bits per heavy atom. The van der Waals surface area contributed by atoms with Gasteiger partial charge in [-0.15, -0.1) is 0 Å². The van der Waals surface area contributed by atoms with Crippen LogP contribution in [0.1, 0.15) is 19.4 Å². The lowest BCUT2D eigenvalue weighted by molar-refractivity contribution is -0.140. The molecule has 1 heterocycles. The second-order valence-corrected chi connectivity index (χ2v) is 6.60. The number of aliphatic carboxylic acids is 1. The van der Waals surface area contributed by atoms with Crippen molar-refractivity contribution < 1.29 is 14.7 Å². The summed E-state index contributed by atoms with van der Waals surface area (Å²) in [5, 5.41) is 8.83. The first kappa shape index (κ1) is 17.5. The maximum atomic E-state index is 12.2. The average Bonchev–Trinajstić information content (AvgIpc) is 2.77. The van der Waals surface area contributed by atoms with E-state index in [1.165, 1.54) is 0 Å². The molecule has 0 aromatic heterocycles. The summed E-state index contributed by atoms with van der Waals surface area (Å²) in [5.74, 6) is -1.43. The van der Waals surface area contributed by atoms with Gasteiger partial charge in [-0.3, -0.25) is 14.5 Å². The standard InChI is InChI=1S/C16H18N2O3S2/c1-3-17(4-2)12-7-5-11(6-8-12)9-13-15(21)18(10-14(19)20)16(22)23-13/h5-9H,3-4,10H2,1-2H3,(H,19,20)/b13-9-. The minimum atomic E-state index is -1.08. The number of thiocarbonyl (C=S) groups is 1. The first-order chi connectivity index (χ1) is 11.0. The molecule has 0 aliphatic carbocycles. The van der Waals surface area contributed by atoms with Crippen LogP contribution in [0.5, 0.6) is 0 Å². The number of carboxylic acid groups (broad SMARTS) is 1. The summed E-state index contributed by atoms with van der Waals surface area (Å²) in [6, 6.07) is 7.91. The first-order valence-electron chi connectivity index (χ1n) is 7.28. The normalized spacial score (nSPS) is 16.3. The zero-order valence-corrected chi connectivity index (χ0v) is 14.6. The van der Waals surface area contributed by atoms with Crippen molar-refractivity contribution in [3.63, 3.8) is 0 Å². The minimum Gasteiger partial charge on any atom is -0.480 e. The molecule has 0 spiro atoms. The lowest BCUT2D eigenvalue weighted by atomic mass is 10.1. The van der Waals surface area contributed by atoms with Crippen LogP contribution >= 0.6 is 24.0 Å². The minimum absolute atomic E-state index is 0.281. The van der Waals surface area contributed by atoms with Crippen molar-refractivity contribution >= 4 is 51.9 Å². The molecule has 5 nitrogen and oxygen atoms in total. The topological polar surface area (TPSA) is 60.9 Å². The SMILES string of the molecule is CCN(CC)c1ccc(/C=C2\SC(=S)N(CC(=O)O)C2=O)cc1. The van der Waals surface area contributed by atoms with Gasteiger partial charge in [-0.2, -0.15) is 0 Å². The van der Waals surface area contributed by atoms with Gasteiger partial charge in [-0.1, -0.05) is 36.1 Å². The molecule has 0 unspecified atom stereocenters. The molecule has 1 aliphatic heterocycles. The van der Waals surface area contributed by atoms with Crippen LogP contribution in [0.2, 0.25) is 0 Å². The lowest BCUT2D eigenvalue weighted by Crippen LogP contribution is -2.33. The molecular formula is C16H18N2O3S2. The number of nitrogens with zero attached hydrogens (tertiary/aromatic N) is 2. The summed E-state index contributed by atoms with van der Waals surface area (Å²) < 4.78 is 0.281. The molecule has 1 aliphatic rings. The Bertz CT molecular complexity index is 652. The van der Waals surface area contributed by atoms with Crippen LogP contribution in [0.25, 0.3) is 6.08 Å². The van der Waals surface area contributed by atoms with Crippen LogP contribution < -0.4 is 4.90 Å². The van der Waals surface area contributed by atoms with E-state index >= 15 is 0 Å². The van der Waals surface area contributed by atoms with Gasteiger partial charge in [0.2, 0.25) is 0 Å². The van der Waals surface area contributed by atoms with Crippen molar-refractivity contribution in [2.45, 2.75) is 13.8 Å². The van der Waals surface area contributed by atoms with Crippen LogP contribution in [0.3, 0.4) is 0 Å². The fourth-order valence-electron chi connectivity index (χ4n) is 2.29. The van der Waals surface area contributed by atoms with E-state index in [0.717, 1.165) is 41.0 Å². The number of carbonyl (C=O) groups is 2. The highest BCUT2D eigenvalue weighted by molar-refractivity contribution is 8.26. The Balaban J connectivity index is 2.17. The van der Waals surface area contributed by atoms with Gasteiger partial charge in [-0.05, 0) is 37.6 Å². The molecule has 0 saturated carbocycles. The predicted octanol–water partition coefficient (Wildman–Crippen LogP) is 2.82. The van der Waals surface area contributed by atoms with Crippen LogP contribution in [-0.2, 0) is 9.59 Å². The van der Waals surface area contributed by atoms with E-state index in [1.54, 1.807) is 6.08 Å². The highest BCUT2D eigenvalue weighted by atomic mass is 32.2. The number of rotatable bonds is 6. The van der Waals surface area contributed by atoms with Gasteiger partial charge in [0.1, 0.15) is 10.9 Å². The fraction of sp³-hybridized carbons (Fsp3) is 0.312. The van der Waals surface area contributed by atoms with E-state index < -0.39 is 12.5 Å². The van der Waals surface area contributed by atoms with Crippen molar-refractivity contribution in [1.82, 2.24) is 4.90 Å². The molecule has 1 fully saturated rings. The van der Waals surface area contributed by atoms with Crippen molar-refractivity contribution in [3.05, 3.63) is 34.7 Å². The molecule has 1 aromatic rings. The van der Waals surface area contributed by atoms with E-state index in [2.05, 4.69) is 18.7 Å². The van der Waals surface area contributed by atoms with Crippen molar-refractivity contribution in [3.8, 4) is 0 Å². The third-order valence-electron chi connectivity index (χ3n) is 3.49. The summed E-state index contributed by atoms with van der Waals surface area (Å²) in [5.41, 5.74) is 2.02. The Morgan fingerprint density at radius 1 is 1.30 bits per heavy atom. The molecule has 0 radical (unpaired) electrons. The van der Waals surface area contributed by atoms with Gasteiger partial charge in [0.05, 0.1) is 4.91 Å². The highest BCUT2D eigenvalue weighted by Gasteiger charge is 2.33. The summed E-state index contributed by atoms with van der Waals surface area (Å²) in [7, 11) is 0. The Hall–Kier alpha value is -1.86. The Kier molecular flexibility index (Phi) is 5.79. The van der Waals surface area contributed by atoms with E-state index in [-0.39, 0.29) is 10.2 Å². The van der Waals surface area contributed by atoms with Gasteiger partial charge >= 0.3 is 5.97 Å². The van der Waals surface area contributed by atoms with Crippen molar-refractivity contribution in [2.24, 2.45) is 0 Å². The molecule has 1 amide bonds. The second-order valence-electron chi connectivity index (χ2n) is 4.93. The van der Waals surface area contributed by atoms with E-state index in [4.69, 9.17) is 17.3 Å². The number of thioether (sulfide) groups is 1. The molecule has 0 bridgehead atoms. The van der Waals surface area contributed by atoms with Crippen LogP contribution in [0.15, 0.2) is 29.2 Å². The highest BCUT2D eigenvalue weighted by Crippen LogP contribution is 2.32. The molecule has 122 valence electrons. The number of carbonyl (C=O) groups excluding carboxylic acids is 1. The fourth-order valence-corrected chi connectivity index (χ4v) is 3.55. The van der Waals surface area contributed by atoms with Gasteiger partial charge in [-0.25, -0.2) is 0 Å². The quantitative estimate of drug-likeness (QED) is 0.629. The number of hydrogen-bond acceptors (Lipinski definition) is 5. The van der Waals surface area contributed by atoms with Crippen LogP contribution in [0.4, 0.5) is 5.69 Å². The second kappa shape index (κ2) is 7.61. The third-order valence-corrected chi connectivity index (χ3v) is 4.86. The summed E-state index contributed by atoms with van der Waals surface area (Å²) in [6.07, 6.45) is 1.74. The van der Waals surface area contributed by atoms with Crippen molar-refractivity contribution in [2.75, 3.05) is 24.5 Å². The third kappa shape index (κ3) is 4.11. The maximum absolute atomic E-state index is 12.2. The molecule has 2 rings (SSSR count). The summed E-state index contributed by atoms with van der Waals surface area (Å²) in [6.45, 7) is 5.67. The van der Waals surface area contributed by atoms with E-state index in [1.807, 2.05) is 24.3 Å². The Labute approximate surface area is 145 Å². The molecular weight excluding hydrogens is 332 g/mol. The number of carboxylic acids is 1. The zero-order valence-electron chi connectivity index (χ0n) is 13.0. The van der Waals surface area contributed by atoms with Gasteiger partial charge in [0.15, 0.2) is 0 Å². The molecule has 1 aromatic carbocycles. The van der Waals surface area contributed by atoms with Crippen LogP contribution in [-0.4, -0.2) is 45.8 Å². The lowest BCUT2D eigenvalue weighted by Gasteiger charge is -2.20. The molecule has 23 heavy (non-hydrogen) atoms. The zero-order chi connectivity index (χ0) is 17.0. The maximum Gasteiger partial charge on any atom is 0.323 e. The van der Waals surface area contributed by atoms with Crippen LogP contribution in [0, 0.1) is 0 Å². The summed E-state index contributed by atoms with van der Waals surface area (Å²) >= 11 is 6.21. The number of amides is 1.